The number of aliphatic carboxylic acids is 1. The Hall–Kier alpha value is -2.62. The summed E-state index contributed by atoms with van der Waals surface area (Å²) in [5.41, 5.74) is 4.37. The zero-order chi connectivity index (χ0) is 15.5. The predicted molar refractivity (Wildman–Crippen MR) is 86.0 cm³/mol. The van der Waals surface area contributed by atoms with E-state index in [2.05, 4.69) is 40.7 Å². The van der Waals surface area contributed by atoms with Gasteiger partial charge in [0.1, 0.15) is 5.82 Å². The molecular formula is C18H18N2O2. The zero-order valence-corrected chi connectivity index (χ0v) is 12.5. The van der Waals surface area contributed by atoms with E-state index in [1.54, 1.807) is 0 Å². The Morgan fingerprint density at radius 1 is 1.14 bits per heavy atom. The van der Waals surface area contributed by atoms with Crippen LogP contribution in [0.1, 0.15) is 23.4 Å². The number of para-hydroxylation sites is 2. The van der Waals surface area contributed by atoms with Crippen LogP contribution in [-0.4, -0.2) is 20.6 Å². The molecule has 1 N–H and O–H groups in total. The summed E-state index contributed by atoms with van der Waals surface area (Å²) in [6.45, 7) is 2.77. The molecule has 4 heteroatoms. The summed E-state index contributed by atoms with van der Waals surface area (Å²) >= 11 is 0. The molecule has 0 bridgehead atoms. The molecule has 1 aromatic heterocycles. The smallest absolute Gasteiger partial charge is 0.303 e. The van der Waals surface area contributed by atoms with Crippen LogP contribution in [0.3, 0.4) is 0 Å². The molecule has 112 valence electrons. The minimum Gasteiger partial charge on any atom is -0.481 e. The number of carboxylic acid groups (broad SMARTS) is 1. The zero-order valence-electron chi connectivity index (χ0n) is 12.5. The van der Waals surface area contributed by atoms with Gasteiger partial charge in [-0.25, -0.2) is 4.98 Å². The van der Waals surface area contributed by atoms with Gasteiger partial charge >= 0.3 is 5.97 Å². The van der Waals surface area contributed by atoms with Crippen molar-refractivity contribution in [2.24, 2.45) is 0 Å². The van der Waals surface area contributed by atoms with E-state index in [-0.39, 0.29) is 6.42 Å². The van der Waals surface area contributed by atoms with Crippen molar-refractivity contribution in [3.8, 4) is 0 Å². The first kappa shape index (κ1) is 14.3. The van der Waals surface area contributed by atoms with Gasteiger partial charge in [0.25, 0.3) is 0 Å². The molecule has 3 rings (SSSR count). The van der Waals surface area contributed by atoms with Crippen LogP contribution >= 0.6 is 0 Å². The number of aryl methyl sites for hydroxylation is 2. The maximum absolute atomic E-state index is 10.9. The molecule has 3 aromatic rings. The average Bonchev–Trinajstić information content (AvgIpc) is 2.85. The number of rotatable bonds is 5. The third-order valence-corrected chi connectivity index (χ3v) is 3.76. The Morgan fingerprint density at radius 3 is 2.59 bits per heavy atom. The fraction of sp³-hybridized carbons (Fsp3) is 0.222. The molecule has 0 spiro atoms. The molecule has 0 saturated heterocycles. The van der Waals surface area contributed by atoms with Crippen molar-refractivity contribution in [3.63, 3.8) is 0 Å². The molecule has 0 atom stereocenters. The van der Waals surface area contributed by atoms with E-state index in [9.17, 15) is 4.79 Å². The van der Waals surface area contributed by atoms with Crippen LogP contribution in [0.2, 0.25) is 0 Å². The van der Waals surface area contributed by atoms with Crippen LogP contribution in [0, 0.1) is 6.92 Å². The minimum atomic E-state index is -0.797. The maximum Gasteiger partial charge on any atom is 0.303 e. The average molecular weight is 294 g/mol. The summed E-state index contributed by atoms with van der Waals surface area (Å²) in [5, 5.41) is 8.92. The van der Waals surface area contributed by atoms with Gasteiger partial charge in [0.2, 0.25) is 0 Å². The van der Waals surface area contributed by atoms with Crippen LogP contribution in [0.15, 0.2) is 48.5 Å². The van der Waals surface area contributed by atoms with E-state index in [0.717, 1.165) is 16.9 Å². The second-order valence-corrected chi connectivity index (χ2v) is 5.48. The highest BCUT2D eigenvalue weighted by molar-refractivity contribution is 5.76. The second-order valence-electron chi connectivity index (χ2n) is 5.48. The van der Waals surface area contributed by atoms with Gasteiger partial charge in [-0.2, -0.15) is 0 Å². The topological polar surface area (TPSA) is 55.1 Å². The molecule has 1 heterocycles. The molecule has 0 saturated carbocycles. The molecule has 0 aliphatic carbocycles. The van der Waals surface area contributed by atoms with Crippen LogP contribution < -0.4 is 0 Å². The monoisotopic (exact) mass is 294 g/mol. The van der Waals surface area contributed by atoms with Crippen LogP contribution in [0.5, 0.6) is 0 Å². The molecule has 22 heavy (non-hydrogen) atoms. The Bertz CT molecular complexity index is 804. The van der Waals surface area contributed by atoms with Crippen molar-refractivity contribution in [3.05, 3.63) is 65.5 Å². The number of carboxylic acids is 1. The fourth-order valence-electron chi connectivity index (χ4n) is 2.59. The van der Waals surface area contributed by atoms with E-state index in [4.69, 9.17) is 5.11 Å². The first-order chi connectivity index (χ1) is 10.6. The molecule has 0 amide bonds. The Balaban J connectivity index is 1.99. The summed E-state index contributed by atoms with van der Waals surface area (Å²) in [5.74, 6) is 0.0260. The Kier molecular flexibility index (Phi) is 3.92. The lowest BCUT2D eigenvalue weighted by molar-refractivity contribution is -0.137. The lowest BCUT2D eigenvalue weighted by atomic mass is 10.1. The van der Waals surface area contributed by atoms with Gasteiger partial charge in [-0.1, -0.05) is 42.0 Å². The van der Waals surface area contributed by atoms with Crippen LogP contribution in [-0.2, 0) is 17.8 Å². The van der Waals surface area contributed by atoms with Gasteiger partial charge in [-0.3, -0.25) is 4.79 Å². The molecule has 0 aliphatic rings. The number of benzene rings is 2. The largest absolute Gasteiger partial charge is 0.481 e. The summed E-state index contributed by atoms with van der Waals surface area (Å²) < 4.78 is 2.11. The van der Waals surface area contributed by atoms with Crippen molar-refractivity contribution >= 4 is 17.0 Å². The molecule has 2 aromatic carbocycles. The fourth-order valence-corrected chi connectivity index (χ4v) is 2.59. The summed E-state index contributed by atoms with van der Waals surface area (Å²) in [6, 6.07) is 16.3. The number of carbonyl (C=O) groups is 1. The number of imidazole rings is 1. The minimum absolute atomic E-state index is 0.0945. The van der Waals surface area contributed by atoms with E-state index in [1.807, 2.05) is 24.3 Å². The van der Waals surface area contributed by atoms with Gasteiger partial charge in [-0.15, -0.1) is 0 Å². The van der Waals surface area contributed by atoms with E-state index in [1.165, 1.54) is 11.1 Å². The number of nitrogens with zero attached hydrogens (tertiary/aromatic N) is 2. The first-order valence-corrected chi connectivity index (χ1v) is 7.35. The summed E-state index contributed by atoms with van der Waals surface area (Å²) in [6.07, 6.45) is 0.535. The van der Waals surface area contributed by atoms with Crippen molar-refractivity contribution in [2.75, 3.05) is 0 Å². The maximum atomic E-state index is 10.9. The molecule has 0 fully saturated rings. The Morgan fingerprint density at radius 2 is 1.86 bits per heavy atom. The summed E-state index contributed by atoms with van der Waals surface area (Å²) in [7, 11) is 0. The van der Waals surface area contributed by atoms with E-state index < -0.39 is 5.97 Å². The molecule has 0 aliphatic heterocycles. The van der Waals surface area contributed by atoms with Crippen molar-refractivity contribution in [1.82, 2.24) is 9.55 Å². The highest BCUT2D eigenvalue weighted by Gasteiger charge is 2.12. The second kappa shape index (κ2) is 6.02. The number of hydrogen-bond acceptors (Lipinski definition) is 2. The van der Waals surface area contributed by atoms with Crippen LogP contribution in [0.4, 0.5) is 0 Å². The lowest BCUT2D eigenvalue weighted by Crippen LogP contribution is -2.07. The normalized spacial score (nSPS) is 11.0. The van der Waals surface area contributed by atoms with Gasteiger partial charge in [0.15, 0.2) is 0 Å². The molecule has 0 radical (unpaired) electrons. The van der Waals surface area contributed by atoms with Gasteiger partial charge < -0.3 is 9.67 Å². The molecular weight excluding hydrogens is 276 g/mol. The van der Waals surface area contributed by atoms with Crippen molar-refractivity contribution in [2.45, 2.75) is 26.3 Å². The number of fused-ring (bicyclic) bond motifs is 1. The third-order valence-electron chi connectivity index (χ3n) is 3.76. The van der Waals surface area contributed by atoms with Gasteiger partial charge in [0, 0.05) is 13.0 Å². The van der Waals surface area contributed by atoms with Crippen molar-refractivity contribution < 1.29 is 9.90 Å². The van der Waals surface area contributed by atoms with E-state index in [0.29, 0.717) is 13.0 Å². The predicted octanol–water partition coefficient (Wildman–Crippen LogP) is 3.41. The first-order valence-electron chi connectivity index (χ1n) is 7.35. The molecule has 4 nitrogen and oxygen atoms in total. The lowest BCUT2D eigenvalue weighted by Gasteiger charge is -2.09. The molecule has 0 unspecified atom stereocenters. The highest BCUT2D eigenvalue weighted by Crippen LogP contribution is 2.19. The quantitative estimate of drug-likeness (QED) is 0.784. The van der Waals surface area contributed by atoms with Gasteiger partial charge in [0.05, 0.1) is 17.5 Å². The standard InChI is InChI=1S/C18H18N2O2/c1-13-6-8-14(9-7-13)12-20-16-5-3-2-4-15(16)19-17(20)10-11-18(21)22/h2-9H,10-12H2,1H3,(H,21,22). The van der Waals surface area contributed by atoms with Crippen molar-refractivity contribution in [1.29, 1.82) is 0 Å². The SMILES string of the molecule is Cc1ccc(Cn2c(CCC(=O)O)nc3ccccc32)cc1. The number of hydrogen-bond donors (Lipinski definition) is 1. The van der Waals surface area contributed by atoms with E-state index >= 15 is 0 Å². The van der Waals surface area contributed by atoms with Gasteiger partial charge in [-0.05, 0) is 24.6 Å². The number of aromatic nitrogens is 2. The highest BCUT2D eigenvalue weighted by atomic mass is 16.4. The Labute approximate surface area is 129 Å². The summed E-state index contributed by atoms with van der Waals surface area (Å²) in [4.78, 5) is 15.5. The third kappa shape index (κ3) is 3.01. The van der Waals surface area contributed by atoms with Crippen LogP contribution in [0.25, 0.3) is 11.0 Å².